The first-order chi connectivity index (χ1) is 11.2. The average Bonchev–Trinajstić information content (AvgIpc) is 2.56. The summed E-state index contributed by atoms with van der Waals surface area (Å²) in [5, 5.41) is 15.1. The van der Waals surface area contributed by atoms with Crippen LogP contribution in [0.3, 0.4) is 0 Å². The first-order valence-electron chi connectivity index (χ1n) is 8.31. The van der Waals surface area contributed by atoms with E-state index in [1.807, 2.05) is 18.2 Å². The van der Waals surface area contributed by atoms with Crippen molar-refractivity contribution in [1.29, 1.82) is 5.41 Å². The fourth-order valence-corrected chi connectivity index (χ4v) is 3.51. The van der Waals surface area contributed by atoms with Gasteiger partial charge in [0, 0.05) is 28.6 Å². The Hall–Kier alpha value is -1.78. The Balaban J connectivity index is 1.80. The lowest BCUT2D eigenvalue weighted by Gasteiger charge is -2.27. The number of anilines is 1. The van der Waals surface area contributed by atoms with Crippen LogP contribution in [-0.2, 0) is 6.42 Å². The maximum atomic E-state index is 8.31. The monoisotopic (exact) mass is 325 g/mol. The van der Waals surface area contributed by atoms with Crippen LogP contribution in [0, 0.1) is 5.41 Å². The predicted molar refractivity (Wildman–Crippen MR) is 102 cm³/mol. The number of hydrogen-bond acceptors (Lipinski definition) is 3. The lowest BCUT2D eigenvalue weighted by Crippen LogP contribution is -2.30. The molecule has 0 radical (unpaired) electrons. The van der Waals surface area contributed by atoms with E-state index in [9.17, 15) is 0 Å². The number of thiocarbonyl (C=S) groups is 1. The van der Waals surface area contributed by atoms with Gasteiger partial charge in [-0.05, 0) is 42.6 Å². The minimum absolute atomic E-state index is 0.384. The molecule has 0 aromatic heterocycles. The van der Waals surface area contributed by atoms with Crippen molar-refractivity contribution in [3.8, 4) is 0 Å². The van der Waals surface area contributed by atoms with Gasteiger partial charge in [-0.1, -0.05) is 49.9 Å². The summed E-state index contributed by atoms with van der Waals surface area (Å²) in [6.45, 7) is 3.27. The van der Waals surface area contributed by atoms with Crippen LogP contribution in [0.25, 0.3) is 0 Å². The molecule has 1 aliphatic heterocycles. The summed E-state index contributed by atoms with van der Waals surface area (Å²) in [6.07, 6.45) is 10.0. The molecule has 120 valence electrons. The molecule has 3 rings (SSSR count). The quantitative estimate of drug-likeness (QED) is 0.439. The molecular weight excluding hydrogens is 302 g/mol. The smallest absolute Gasteiger partial charge is 0.131 e. The van der Waals surface area contributed by atoms with Gasteiger partial charge in [0.25, 0.3) is 0 Å². The minimum Gasteiger partial charge on any atom is -0.340 e. The van der Waals surface area contributed by atoms with Crippen LogP contribution in [0.15, 0.2) is 42.0 Å². The molecule has 1 unspecified atom stereocenters. The summed E-state index contributed by atoms with van der Waals surface area (Å²) in [7, 11) is 0. The molecule has 0 bridgehead atoms. The topological polar surface area (TPSA) is 47.9 Å². The van der Waals surface area contributed by atoms with E-state index < -0.39 is 0 Å². The highest BCUT2D eigenvalue weighted by Gasteiger charge is 2.20. The molecule has 0 saturated carbocycles. The van der Waals surface area contributed by atoms with E-state index in [-0.39, 0.29) is 0 Å². The Morgan fingerprint density at radius 1 is 1.43 bits per heavy atom. The van der Waals surface area contributed by atoms with Gasteiger partial charge in [-0.15, -0.1) is 0 Å². The van der Waals surface area contributed by atoms with Gasteiger partial charge in [-0.3, -0.25) is 5.41 Å². The molecule has 3 N–H and O–H groups in total. The molecule has 1 atom stereocenters. The molecule has 1 aromatic carbocycles. The first kappa shape index (κ1) is 16.1. The molecule has 1 aromatic rings. The maximum Gasteiger partial charge on any atom is 0.131 e. The van der Waals surface area contributed by atoms with Gasteiger partial charge in [0.15, 0.2) is 0 Å². The average molecular weight is 325 g/mol. The lowest BCUT2D eigenvalue weighted by atomic mass is 9.91. The fraction of sp³-hybridized carbons (Fsp3) is 0.368. The van der Waals surface area contributed by atoms with Crippen LogP contribution in [0.1, 0.15) is 43.4 Å². The van der Waals surface area contributed by atoms with E-state index in [1.54, 1.807) is 0 Å². The van der Waals surface area contributed by atoms with Gasteiger partial charge in [0.2, 0.25) is 0 Å². The highest BCUT2D eigenvalue weighted by Crippen LogP contribution is 2.29. The van der Waals surface area contributed by atoms with E-state index in [4.69, 9.17) is 17.6 Å². The Labute approximate surface area is 143 Å². The highest BCUT2D eigenvalue weighted by molar-refractivity contribution is 7.81. The van der Waals surface area contributed by atoms with Crippen LogP contribution < -0.4 is 10.6 Å². The van der Waals surface area contributed by atoms with Crippen molar-refractivity contribution in [2.45, 2.75) is 38.6 Å². The summed E-state index contributed by atoms with van der Waals surface area (Å²) < 4.78 is 0. The van der Waals surface area contributed by atoms with Crippen LogP contribution in [0.4, 0.5) is 5.69 Å². The summed E-state index contributed by atoms with van der Waals surface area (Å²) in [4.78, 5) is 0.827. The number of hydrogen-bond donors (Lipinski definition) is 3. The van der Waals surface area contributed by atoms with Crippen LogP contribution in [0.2, 0.25) is 0 Å². The normalized spacial score (nSPS) is 20.0. The molecule has 0 saturated heterocycles. The number of fused-ring (bicyclic) bond motifs is 1. The van der Waals surface area contributed by atoms with Gasteiger partial charge in [0.05, 0.1) is 0 Å². The number of amidine groups is 1. The van der Waals surface area contributed by atoms with E-state index in [2.05, 4.69) is 35.8 Å². The van der Waals surface area contributed by atoms with Crippen molar-refractivity contribution >= 4 is 28.6 Å². The molecular formula is C19H23N3S. The Morgan fingerprint density at radius 3 is 3.09 bits per heavy atom. The highest BCUT2D eigenvalue weighted by atomic mass is 32.1. The minimum atomic E-state index is 0.384. The summed E-state index contributed by atoms with van der Waals surface area (Å²) >= 11 is 5.36. The largest absolute Gasteiger partial charge is 0.340 e. The van der Waals surface area contributed by atoms with Gasteiger partial charge in [-0.25, -0.2) is 0 Å². The number of rotatable bonds is 4. The zero-order valence-electron chi connectivity index (χ0n) is 13.5. The first-order valence-corrected chi connectivity index (χ1v) is 8.72. The molecule has 1 aliphatic carbocycles. The summed E-state index contributed by atoms with van der Waals surface area (Å²) in [5.74, 6) is 0.384. The predicted octanol–water partition coefficient (Wildman–Crippen LogP) is 4.32. The molecule has 3 nitrogen and oxygen atoms in total. The van der Waals surface area contributed by atoms with Crippen molar-refractivity contribution in [3.05, 3.63) is 53.1 Å². The van der Waals surface area contributed by atoms with E-state index in [0.29, 0.717) is 11.9 Å². The third-order valence-electron chi connectivity index (χ3n) is 4.43. The second kappa shape index (κ2) is 7.20. The Bertz CT molecular complexity index is 688. The third-order valence-corrected chi connectivity index (χ3v) is 4.81. The van der Waals surface area contributed by atoms with E-state index >= 15 is 0 Å². The molecule has 4 heteroatoms. The standard InChI is InChI=1S/C19H23N3S/c1-2-5-17-16-12-14(9-8-13(16)10-11-21-17)22-19(20)15-6-3-4-7-18(15)23/h3-4,6,8-9,12,17,21H,2,5,7,10-11H2,1H3,(H2,20,22). The molecule has 0 fully saturated rings. The SMILES string of the molecule is CCCC1NCCc2ccc(NC(=N)C3=CC=CCC3=S)cc21. The van der Waals surface area contributed by atoms with E-state index in [1.165, 1.54) is 11.1 Å². The number of allylic oxidation sites excluding steroid dienone is 3. The van der Waals surface area contributed by atoms with E-state index in [0.717, 1.165) is 48.4 Å². The maximum absolute atomic E-state index is 8.31. The molecule has 0 spiro atoms. The Kier molecular flexibility index (Phi) is 5.03. The summed E-state index contributed by atoms with van der Waals surface area (Å²) in [5.41, 5.74) is 4.59. The van der Waals surface area contributed by atoms with Crippen LogP contribution in [0.5, 0.6) is 0 Å². The zero-order chi connectivity index (χ0) is 16.2. The van der Waals surface area contributed by atoms with Crippen LogP contribution in [-0.4, -0.2) is 17.2 Å². The van der Waals surface area contributed by atoms with Crippen molar-refractivity contribution in [1.82, 2.24) is 5.32 Å². The molecule has 0 amide bonds. The van der Waals surface area contributed by atoms with Crippen molar-refractivity contribution < 1.29 is 0 Å². The third kappa shape index (κ3) is 3.59. The zero-order valence-corrected chi connectivity index (χ0v) is 14.3. The molecule has 23 heavy (non-hydrogen) atoms. The van der Waals surface area contributed by atoms with Gasteiger partial charge >= 0.3 is 0 Å². The number of benzene rings is 1. The van der Waals surface area contributed by atoms with Crippen molar-refractivity contribution in [2.75, 3.05) is 11.9 Å². The fourth-order valence-electron chi connectivity index (χ4n) is 3.24. The van der Waals surface area contributed by atoms with Crippen molar-refractivity contribution in [3.63, 3.8) is 0 Å². The second-order valence-electron chi connectivity index (χ2n) is 6.09. The van der Waals surface area contributed by atoms with Gasteiger partial charge in [-0.2, -0.15) is 0 Å². The lowest BCUT2D eigenvalue weighted by molar-refractivity contribution is 0.471. The van der Waals surface area contributed by atoms with Gasteiger partial charge in [0.1, 0.15) is 5.84 Å². The van der Waals surface area contributed by atoms with Crippen LogP contribution >= 0.6 is 12.2 Å². The number of nitrogens with one attached hydrogen (secondary N) is 3. The molecule has 1 heterocycles. The summed E-state index contributed by atoms with van der Waals surface area (Å²) in [6, 6.07) is 6.89. The molecule has 2 aliphatic rings. The second-order valence-corrected chi connectivity index (χ2v) is 6.59. The van der Waals surface area contributed by atoms with Gasteiger partial charge < -0.3 is 10.6 Å². The van der Waals surface area contributed by atoms with Crippen molar-refractivity contribution in [2.24, 2.45) is 0 Å². The Morgan fingerprint density at radius 2 is 2.30 bits per heavy atom.